The standard InChI is InChI=1S/C16H17ClN4OS/c17-12-8-23-15-11(12)1-2-13(19-15)18-14-7-16(22-20-14)9-21-5-3-10(16)4-6-21/h1-2,8,10H,3-7,9H2,(H,18,19,20). The lowest BCUT2D eigenvalue weighted by atomic mass is 9.73. The first-order valence-electron chi connectivity index (χ1n) is 8.00. The summed E-state index contributed by atoms with van der Waals surface area (Å²) in [5.41, 5.74) is -0.116. The Bertz CT molecular complexity index is 798. The minimum atomic E-state index is -0.116. The van der Waals surface area contributed by atoms with E-state index in [9.17, 15) is 0 Å². The predicted molar refractivity (Wildman–Crippen MR) is 93.3 cm³/mol. The van der Waals surface area contributed by atoms with Crippen LogP contribution in [0.25, 0.3) is 10.2 Å². The smallest absolute Gasteiger partial charge is 0.160 e. The first-order valence-corrected chi connectivity index (χ1v) is 9.26. The molecule has 2 aromatic rings. The molecule has 6 heterocycles. The van der Waals surface area contributed by atoms with Crippen molar-refractivity contribution in [1.29, 1.82) is 0 Å². The molecule has 2 aromatic heterocycles. The van der Waals surface area contributed by atoms with Crippen molar-refractivity contribution >= 4 is 44.8 Å². The van der Waals surface area contributed by atoms with Crippen molar-refractivity contribution < 1.29 is 4.84 Å². The minimum Gasteiger partial charge on any atom is -0.386 e. The van der Waals surface area contributed by atoms with Crippen LogP contribution in [-0.2, 0) is 4.84 Å². The molecule has 3 saturated heterocycles. The van der Waals surface area contributed by atoms with E-state index in [1.807, 2.05) is 17.5 Å². The first kappa shape index (κ1) is 14.0. The molecule has 1 N–H and O–H groups in total. The molecule has 1 atom stereocenters. The quantitative estimate of drug-likeness (QED) is 0.856. The maximum absolute atomic E-state index is 6.13. The maximum Gasteiger partial charge on any atom is 0.160 e. The molecule has 120 valence electrons. The summed E-state index contributed by atoms with van der Waals surface area (Å²) in [5, 5.41) is 11.3. The average molecular weight is 349 g/mol. The van der Waals surface area contributed by atoms with Gasteiger partial charge in [-0.05, 0) is 38.1 Å². The van der Waals surface area contributed by atoms with Crippen molar-refractivity contribution in [3.63, 3.8) is 0 Å². The number of halogens is 1. The van der Waals surface area contributed by atoms with Crippen LogP contribution in [0.15, 0.2) is 22.7 Å². The summed E-state index contributed by atoms with van der Waals surface area (Å²) in [4.78, 5) is 14.0. The molecule has 2 bridgehead atoms. The van der Waals surface area contributed by atoms with Crippen LogP contribution in [0.2, 0.25) is 5.02 Å². The monoisotopic (exact) mass is 348 g/mol. The number of piperidine rings is 3. The molecule has 5 nitrogen and oxygen atoms in total. The highest BCUT2D eigenvalue weighted by Gasteiger charge is 2.52. The van der Waals surface area contributed by atoms with Gasteiger partial charge in [-0.15, -0.1) is 11.3 Å². The molecule has 4 aliphatic heterocycles. The molecule has 0 aromatic carbocycles. The van der Waals surface area contributed by atoms with Crippen molar-refractivity contribution in [1.82, 2.24) is 9.88 Å². The Morgan fingerprint density at radius 3 is 3.00 bits per heavy atom. The number of oxime groups is 1. The second kappa shape index (κ2) is 5.06. The average Bonchev–Trinajstić information content (AvgIpc) is 3.13. The third-order valence-electron chi connectivity index (χ3n) is 5.29. The maximum atomic E-state index is 6.13. The second-order valence-electron chi connectivity index (χ2n) is 6.68. The van der Waals surface area contributed by atoms with Gasteiger partial charge in [-0.2, -0.15) is 0 Å². The summed E-state index contributed by atoms with van der Waals surface area (Å²) in [6, 6.07) is 3.95. The Morgan fingerprint density at radius 1 is 1.35 bits per heavy atom. The van der Waals surface area contributed by atoms with E-state index in [4.69, 9.17) is 16.4 Å². The van der Waals surface area contributed by atoms with Gasteiger partial charge in [0.2, 0.25) is 0 Å². The number of fused-ring (bicyclic) bond motifs is 3. The molecule has 0 saturated carbocycles. The van der Waals surface area contributed by atoms with E-state index in [1.165, 1.54) is 25.9 Å². The zero-order valence-electron chi connectivity index (χ0n) is 12.6. The summed E-state index contributed by atoms with van der Waals surface area (Å²) < 4.78 is 0. The first-order chi connectivity index (χ1) is 11.2. The zero-order chi connectivity index (χ0) is 15.4. The number of aromatic nitrogens is 1. The van der Waals surface area contributed by atoms with Gasteiger partial charge in [0.25, 0.3) is 0 Å². The van der Waals surface area contributed by atoms with Gasteiger partial charge in [-0.3, -0.25) is 4.90 Å². The van der Waals surface area contributed by atoms with Gasteiger partial charge in [-0.25, -0.2) is 4.98 Å². The molecule has 4 aliphatic rings. The fraction of sp³-hybridized carbons (Fsp3) is 0.500. The van der Waals surface area contributed by atoms with E-state index in [-0.39, 0.29) is 5.60 Å². The number of amidine groups is 1. The molecule has 0 aliphatic carbocycles. The van der Waals surface area contributed by atoms with Gasteiger partial charge in [0.15, 0.2) is 11.4 Å². The number of rotatable bonds is 1. The zero-order valence-corrected chi connectivity index (χ0v) is 14.2. The van der Waals surface area contributed by atoms with E-state index in [2.05, 4.69) is 20.4 Å². The fourth-order valence-corrected chi connectivity index (χ4v) is 5.23. The van der Waals surface area contributed by atoms with E-state index >= 15 is 0 Å². The predicted octanol–water partition coefficient (Wildman–Crippen LogP) is 3.56. The van der Waals surface area contributed by atoms with Crippen LogP contribution in [0.3, 0.4) is 0 Å². The van der Waals surface area contributed by atoms with Crippen LogP contribution < -0.4 is 5.32 Å². The lowest BCUT2D eigenvalue weighted by molar-refractivity contribution is -0.136. The number of anilines is 1. The summed E-state index contributed by atoms with van der Waals surface area (Å²) >= 11 is 7.69. The van der Waals surface area contributed by atoms with Crippen molar-refractivity contribution in [2.45, 2.75) is 24.9 Å². The Balaban J connectivity index is 1.35. The molecule has 6 rings (SSSR count). The van der Waals surface area contributed by atoms with Crippen LogP contribution in [0.4, 0.5) is 5.82 Å². The van der Waals surface area contributed by atoms with Crippen LogP contribution in [0, 0.1) is 5.92 Å². The Kier molecular flexibility index (Phi) is 3.08. The summed E-state index contributed by atoms with van der Waals surface area (Å²) in [6.45, 7) is 3.41. The largest absolute Gasteiger partial charge is 0.386 e. The van der Waals surface area contributed by atoms with Gasteiger partial charge >= 0.3 is 0 Å². The fourth-order valence-electron chi connectivity index (χ4n) is 4.09. The van der Waals surface area contributed by atoms with E-state index < -0.39 is 0 Å². The molecule has 1 unspecified atom stereocenters. The highest BCUT2D eigenvalue weighted by molar-refractivity contribution is 7.17. The number of nitrogens with one attached hydrogen (secondary N) is 1. The molecule has 0 radical (unpaired) electrons. The van der Waals surface area contributed by atoms with E-state index in [0.29, 0.717) is 5.92 Å². The van der Waals surface area contributed by atoms with Gasteiger partial charge in [0, 0.05) is 23.2 Å². The summed E-state index contributed by atoms with van der Waals surface area (Å²) in [6.07, 6.45) is 3.29. The normalized spacial score (nSPS) is 32.3. The van der Waals surface area contributed by atoms with E-state index in [0.717, 1.165) is 39.9 Å². The number of hydrogen-bond acceptors (Lipinski definition) is 6. The van der Waals surface area contributed by atoms with Gasteiger partial charge in [-0.1, -0.05) is 16.8 Å². The second-order valence-corrected chi connectivity index (χ2v) is 7.94. The Morgan fingerprint density at radius 2 is 2.22 bits per heavy atom. The summed E-state index contributed by atoms with van der Waals surface area (Å²) in [7, 11) is 0. The topological polar surface area (TPSA) is 49.8 Å². The van der Waals surface area contributed by atoms with Crippen LogP contribution in [-0.4, -0.2) is 41.0 Å². The molecule has 0 amide bonds. The molecular formula is C16H17ClN4OS. The van der Waals surface area contributed by atoms with Gasteiger partial charge < -0.3 is 10.2 Å². The molecular weight excluding hydrogens is 332 g/mol. The van der Waals surface area contributed by atoms with Gasteiger partial charge in [0.1, 0.15) is 10.6 Å². The highest BCUT2D eigenvalue weighted by Crippen LogP contribution is 2.43. The third-order valence-corrected chi connectivity index (χ3v) is 6.62. The van der Waals surface area contributed by atoms with E-state index in [1.54, 1.807) is 11.3 Å². The van der Waals surface area contributed by atoms with Crippen LogP contribution in [0.1, 0.15) is 19.3 Å². The molecule has 1 spiro atoms. The molecule has 23 heavy (non-hydrogen) atoms. The summed E-state index contributed by atoms with van der Waals surface area (Å²) in [5.74, 6) is 2.31. The van der Waals surface area contributed by atoms with Crippen LogP contribution in [0.5, 0.6) is 0 Å². The SMILES string of the molecule is Clc1csc2nc(NC3=NOC4(C3)CN3CCC4CC3)ccc12. The van der Waals surface area contributed by atoms with Crippen molar-refractivity contribution in [2.75, 3.05) is 25.0 Å². The number of hydrogen-bond donors (Lipinski definition) is 1. The number of nitrogens with zero attached hydrogens (tertiary/aromatic N) is 3. The highest BCUT2D eigenvalue weighted by atomic mass is 35.5. The van der Waals surface area contributed by atoms with Crippen molar-refractivity contribution in [3.8, 4) is 0 Å². The van der Waals surface area contributed by atoms with Gasteiger partial charge in [0.05, 0.1) is 11.4 Å². The number of pyridine rings is 1. The lowest BCUT2D eigenvalue weighted by Crippen LogP contribution is -2.59. The third kappa shape index (κ3) is 2.23. The minimum absolute atomic E-state index is 0.116. The molecule has 7 heteroatoms. The van der Waals surface area contributed by atoms with Crippen molar-refractivity contribution in [2.24, 2.45) is 11.1 Å². The molecule has 3 fully saturated rings. The Labute approximate surface area is 143 Å². The lowest BCUT2D eigenvalue weighted by Gasteiger charge is -2.49. The Hall–Kier alpha value is -1.37. The van der Waals surface area contributed by atoms with Crippen LogP contribution >= 0.6 is 22.9 Å². The van der Waals surface area contributed by atoms with Crippen molar-refractivity contribution in [3.05, 3.63) is 22.5 Å². The number of thiophene rings is 1.